The van der Waals surface area contributed by atoms with E-state index in [0.717, 1.165) is 0 Å². The molecule has 1 atom stereocenters. The number of benzene rings is 4. The van der Waals surface area contributed by atoms with Crippen molar-refractivity contribution in [3.8, 4) is 11.5 Å². The van der Waals surface area contributed by atoms with Gasteiger partial charge in [0, 0.05) is 17.5 Å². The number of fused-ring (bicyclic) bond motifs is 2. The van der Waals surface area contributed by atoms with Crippen LogP contribution in [0.2, 0.25) is 0 Å². The van der Waals surface area contributed by atoms with Gasteiger partial charge in [0.25, 0.3) is 0 Å². The summed E-state index contributed by atoms with van der Waals surface area (Å²) < 4.78 is 5.93. The number of rotatable bonds is 9. The summed E-state index contributed by atoms with van der Waals surface area (Å²) in [6.45, 7) is 0.237. The monoisotopic (exact) mass is 532 g/mol. The molecule has 4 aromatic carbocycles. The van der Waals surface area contributed by atoms with E-state index in [-0.39, 0.29) is 35.4 Å². The normalized spacial score (nSPS) is 12.4. The van der Waals surface area contributed by atoms with E-state index in [1.165, 1.54) is 12.1 Å². The smallest absolute Gasteiger partial charge is 0.342 e. The number of likely N-dealkylation sites (N-methyl/N-ethyl adjacent to an activating group) is 1. The van der Waals surface area contributed by atoms with Crippen LogP contribution in [0.25, 0.3) is 21.5 Å². The maximum absolute atomic E-state index is 13.3. The predicted molar refractivity (Wildman–Crippen MR) is 145 cm³/mol. The minimum atomic E-state index is -1.30. The van der Waals surface area contributed by atoms with Crippen LogP contribution in [0.5, 0.6) is 11.5 Å². The zero-order valence-corrected chi connectivity index (χ0v) is 21.8. The minimum Gasteiger partial charge on any atom is -0.507 e. The second-order valence-corrected chi connectivity index (χ2v) is 10.5. The van der Waals surface area contributed by atoms with Gasteiger partial charge in [-0.15, -0.1) is 0 Å². The van der Waals surface area contributed by atoms with Gasteiger partial charge in [0.1, 0.15) is 29.2 Å². The van der Waals surface area contributed by atoms with E-state index in [4.69, 9.17) is 4.74 Å². The Balaban J connectivity index is 1.85. The summed E-state index contributed by atoms with van der Waals surface area (Å²) in [5.74, 6) is -4.12. The van der Waals surface area contributed by atoms with Gasteiger partial charge < -0.3 is 29.6 Å². The number of aromatic hydroxyl groups is 2. The predicted octanol–water partition coefficient (Wildman–Crippen LogP) is 4.40. The molecule has 4 aromatic rings. The van der Waals surface area contributed by atoms with Crippen molar-refractivity contribution in [3.63, 3.8) is 0 Å². The Morgan fingerprint density at radius 3 is 1.77 bits per heavy atom. The lowest BCUT2D eigenvalue weighted by atomic mass is 9.90. The van der Waals surface area contributed by atoms with Crippen LogP contribution in [0.4, 0.5) is 0 Å². The van der Waals surface area contributed by atoms with Crippen molar-refractivity contribution in [2.24, 2.45) is 0 Å². The highest BCUT2D eigenvalue weighted by atomic mass is 16.5. The first-order chi connectivity index (χ1) is 18.4. The average molecular weight is 533 g/mol. The lowest BCUT2D eigenvalue weighted by Crippen LogP contribution is -2.43. The van der Waals surface area contributed by atoms with E-state index in [0.29, 0.717) is 31.6 Å². The molecule has 4 rings (SSSR count). The number of quaternary nitrogens is 1. The molecule has 0 aromatic heterocycles. The number of carboxylic acids is 2. The fraction of sp³-hybridized carbons (Fsp3) is 0.233. The van der Waals surface area contributed by atoms with Gasteiger partial charge in [-0.05, 0) is 33.7 Å². The molecular weight excluding hydrogens is 502 g/mol. The third-order valence-corrected chi connectivity index (χ3v) is 6.48. The van der Waals surface area contributed by atoms with Crippen molar-refractivity contribution in [1.82, 2.24) is 0 Å². The van der Waals surface area contributed by atoms with Crippen LogP contribution >= 0.6 is 0 Å². The number of ether oxygens (including phenoxy) is 1. The van der Waals surface area contributed by atoms with Crippen molar-refractivity contribution in [3.05, 3.63) is 82.9 Å². The summed E-state index contributed by atoms with van der Waals surface area (Å²) in [7, 11) is 5.53. The molecule has 39 heavy (non-hydrogen) atoms. The molecule has 9 nitrogen and oxygen atoms in total. The Labute approximate surface area is 224 Å². The van der Waals surface area contributed by atoms with Crippen LogP contribution in [0, 0.1) is 0 Å². The number of carboxylic acid groups (broad SMARTS) is 2. The number of aliphatic carboxylic acids is 1. The minimum absolute atomic E-state index is 0.0850. The molecule has 0 radical (unpaired) electrons. The highest BCUT2D eigenvalue weighted by Gasteiger charge is 2.28. The molecule has 0 unspecified atom stereocenters. The molecule has 0 aliphatic carbocycles. The lowest BCUT2D eigenvalue weighted by Gasteiger charge is -2.28. The molecule has 202 valence electrons. The summed E-state index contributed by atoms with van der Waals surface area (Å²) in [6.07, 6.45) is -1.42. The fourth-order valence-electron chi connectivity index (χ4n) is 4.84. The Hall–Kier alpha value is -4.63. The molecule has 9 heteroatoms. The van der Waals surface area contributed by atoms with Gasteiger partial charge in [-0.25, -0.2) is 9.59 Å². The first-order valence-electron chi connectivity index (χ1n) is 12.3. The van der Waals surface area contributed by atoms with Crippen molar-refractivity contribution in [2.75, 3.05) is 27.7 Å². The maximum atomic E-state index is 13.3. The van der Waals surface area contributed by atoms with Crippen LogP contribution in [-0.4, -0.2) is 76.6 Å². The van der Waals surface area contributed by atoms with Gasteiger partial charge in [0.05, 0.1) is 27.6 Å². The number of carbonyl (C=O) groups is 3. The lowest BCUT2D eigenvalue weighted by molar-refractivity contribution is -0.873. The van der Waals surface area contributed by atoms with E-state index < -0.39 is 36.2 Å². The molecule has 0 aliphatic heterocycles. The SMILES string of the molecule is C[N+](C)(C)C[C@@H](CC(=O)O)OC(=O)c1cc2ccccc2c(Cc2c(O)c(C(=O)O)cc3ccccc23)c1O. The topological polar surface area (TPSA) is 141 Å². The van der Waals surface area contributed by atoms with Gasteiger partial charge in [0.15, 0.2) is 6.10 Å². The van der Waals surface area contributed by atoms with Crippen LogP contribution in [0.1, 0.15) is 38.3 Å². The number of esters is 1. The highest BCUT2D eigenvalue weighted by Crippen LogP contribution is 2.39. The van der Waals surface area contributed by atoms with Gasteiger partial charge >= 0.3 is 17.9 Å². The first kappa shape index (κ1) is 27.4. The molecule has 0 spiro atoms. The van der Waals surface area contributed by atoms with Crippen LogP contribution < -0.4 is 0 Å². The summed E-state index contributed by atoms with van der Waals surface area (Å²) in [6, 6.07) is 16.9. The Morgan fingerprint density at radius 1 is 0.795 bits per heavy atom. The zero-order chi connectivity index (χ0) is 28.5. The number of hydrogen-bond donors (Lipinski definition) is 4. The van der Waals surface area contributed by atoms with Crippen LogP contribution in [0.3, 0.4) is 0 Å². The Morgan fingerprint density at radius 2 is 1.28 bits per heavy atom. The van der Waals surface area contributed by atoms with E-state index in [9.17, 15) is 34.8 Å². The summed E-state index contributed by atoms with van der Waals surface area (Å²) in [5, 5.41) is 43.7. The molecule has 0 fully saturated rings. The van der Waals surface area contributed by atoms with E-state index in [1.54, 1.807) is 48.5 Å². The van der Waals surface area contributed by atoms with Crippen molar-refractivity contribution in [1.29, 1.82) is 0 Å². The molecular formula is C30H30NO8+. The average Bonchev–Trinajstić information content (AvgIpc) is 2.84. The number of phenols is 2. The van der Waals surface area contributed by atoms with Gasteiger partial charge in [-0.2, -0.15) is 0 Å². The Bertz CT molecular complexity index is 1600. The first-order valence-corrected chi connectivity index (χ1v) is 12.3. The summed E-state index contributed by atoms with van der Waals surface area (Å²) >= 11 is 0. The molecule has 0 saturated heterocycles. The van der Waals surface area contributed by atoms with Crippen LogP contribution in [-0.2, 0) is 16.0 Å². The van der Waals surface area contributed by atoms with Gasteiger partial charge in [-0.1, -0.05) is 48.5 Å². The molecule has 4 N–H and O–H groups in total. The Kier molecular flexibility index (Phi) is 7.47. The molecule has 0 bridgehead atoms. The van der Waals surface area contributed by atoms with Crippen molar-refractivity contribution >= 4 is 39.5 Å². The van der Waals surface area contributed by atoms with Crippen molar-refractivity contribution in [2.45, 2.75) is 18.9 Å². The van der Waals surface area contributed by atoms with E-state index in [2.05, 4.69) is 0 Å². The molecule has 0 saturated carbocycles. The molecule has 0 heterocycles. The van der Waals surface area contributed by atoms with Crippen molar-refractivity contribution < 1.29 is 44.0 Å². The number of nitrogens with zero attached hydrogens (tertiary/aromatic N) is 1. The number of aromatic carboxylic acids is 1. The summed E-state index contributed by atoms with van der Waals surface area (Å²) in [5.41, 5.74) is 0.147. The zero-order valence-electron chi connectivity index (χ0n) is 21.8. The van der Waals surface area contributed by atoms with Crippen LogP contribution in [0.15, 0.2) is 60.7 Å². The molecule has 0 amide bonds. The van der Waals surface area contributed by atoms with E-state index in [1.807, 2.05) is 21.1 Å². The van der Waals surface area contributed by atoms with Gasteiger partial charge in [0.2, 0.25) is 0 Å². The fourth-order valence-corrected chi connectivity index (χ4v) is 4.84. The summed E-state index contributed by atoms with van der Waals surface area (Å²) in [4.78, 5) is 36.6. The second-order valence-electron chi connectivity index (χ2n) is 10.5. The third-order valence-electron chi connectivity index (χ3n) is 6.48. The highest BCUT2D eigenvalue weighted by molar-refractivity contribution is 6.02. The van der Waals surface area contributed by atoms with Gasteiger partial charge in [-0.3, -0.25) is 4.79 Å². The number of carbonyl (C=O) groups excluding carboxylic acids is 1. The largest absolute Gasteiger partial charge is 0.507 e. The maximum Gasteiger partial charge on any atom is 0.342 e. The van der Waals surface area contributed by atoms with E-state index >= 15 is 0 Å². The quantitative estimate of drug-likeness (QED) is 0.184. The number of hydrogen-bond acceptors (Lipinski definition) is 6. The second kappa shape index (κ2) is 10.6. The number of phenolic OH excluding ortho intramolecular Hbond substituents is 1. The standard InChI is InChI=1S/C30H29NO8/c1-31(2,3)16-19(14-26(32)33)39-30(38)25-13-18-9-5-7-11-21(18)23(28(25)35)15-22-20-10-6-4-8-17(20)12-24(27(22)34)29(36)37/h4-13,19H,14-16H2,1-3H3,(H3-,32,33,34,35,36,37,38)/p+1/t19-/m1/s1. The third kappa shape index (κ3) is 5.94. The molecule has 0 aliphatic rings.